The maximum atomic E-state index is 12.9. The summed E-state index contributed by atoms with van der Waals surface area (Å²) in [5.41, 5.74) is 0. The van der Waals surface area contributed by atoms with Crippen LogP contribution < -0.4 is 15.4 Å². The number of benzene rings is 1. The van der Waals surface area contributed by atoms with Crippen LogP contribution in [0.2, 0.25) is 0 Å². The van der Waals surface area contributed by atoms with Crippen LogP contribution in [0.4, 0.5) is 4.39 Å². The molecule has 3 unspecified atom stereocenters. The number of morpholine rings is 1. The number of aliphatic imine (C=N–C) groups is 1. The third-order valence-corrected chi connectivity index (χ3v) is 4.89. The predicted molar refractivity (Wildman–Crippen MR) is 100 cm³/mol. The normalized spacial score (nSPS) is 24.8. The summed E-state index contributed by atoms with van der Waals surface area (Å²) < 4.78 is 24.7. The highest BCUT2D eigenvalue weighted by atomic mass is 19.1. The first-order valence-corrected chi connectivity index (χ1v) is 9.36. The smallest absolute Gasteiger partial charge is 0.191 e. The first-order valence-electron chi connectivity index (χ1n) is 9.36. The number of ether oxygens (including phenoxy) is 2. The van der Waals surface area contributed by atoms with Gasteiger partial charge in [0.15, 0.2) is 5.96 Å². The monoisotopic (exact) mass is 364 g/mol. The van der Waals surface area contributed by atoms with Crippen LogP contribution in [0.3, 0.4) is 0 Å². The molecule has 2 aliphatic heterocycles. The second-order valence-corrected chi connectivity index (χ2v) is 6.96. The van der Waals surface area contributed by atoms with E-state index in [0.29, 0.717) is 18.3 Å². The largest absolute Gasteiger partial charge is 0.489 e. The molecule has 3 rings (SSSR count). The van der Waals surface area contributed by atoms with Gasteiger partial charge in [0.2, 0.25) is 0 Å². The molecule has 0 aromatic heterocycles. The molecule has 0 radical (unpaired) electrons. The maximum absolute atomic E-state index is 12.9. The topological polar surface area (TPSA) is 58.1 Å². The van der Waals surface area contributed by atoms with Crippen LogP contribution >= 0.6 is 0 Å². The van der Waals surface area contributed by atoms with Crippen molar-refractivity contribution in [2.45, 2.75) is 38.0 Å². The summed E-state index contributed by atoms with van der Waals surface area (Å²) in [6, 6.07) is 6.67. The van der Waals surface area contributed by atoms with Crippen LogP contribution in [0, 0.1) is 5.82 Å². The minimum absolute atomic E-state index is 0.0738. The highest BCUT2D eigenvalue weighted by Gasteiger charge is 2.32. The Hall–Kier alpha value is -1.86. The number of fused-ring (bicyclic) bond motifs is 1. The lowest BCUT2D eigenvalue weighted by atomic mass is 10.2. The van der Waals surface area contributed by atoms with Gasteiger partial charge in [-0.15, -0.1) is 0 Å². The molecule has 1 aromatic rings. The zero-order chi connectivity index (χ0) is 18.4. The van der Waals surface area contributed by atoms with Crippen molar-refractivity contribution in [2.75, 3.05) is 39.8 Å². The van der Waals surface area contributed by atoms with E-state index in [2.05, 4.69) is 20.5 Å². The summed E-state index contributed by atoms with van der Waals surface area (Å²) in [6.07, 6.45) is 2.66. The van der Waals surface area contributed by atoms with E-state index in [9.17, 15) is 4.39 Å². The quantitative estimate of drug-likeness (QED) is 0.593. The number of nitrogens with zero attached hydrogens (tertiary/aromatic N) is 2. The number of guanidine groups is 1. The fraction of sp³-hybridized carbons (Fsp3) is 0.632. The lowest BCUT2D eigenvalue weighted by molar-refractivity contribution is -0.0453. The molecule has 26 heavy (non-hydrogen) atoms. The van der Waals surface area contributed by atoms with Gasteiger partial charge in [0.25, 0.3) is 0 Å². The van der Waals surface area contributed by atoms with Gasteiger partial charge >= 0.3 is 0 Å². The Bertz CT molecular complexity index is 596. The number of hydrogen-bond acceptors (Lipinski definition) is 4. The summed E-state index contributed by atoms with van der Waals surface area (Å²) in [5, 5.41) is 6.59. The molecule has 2 saturated heterocycles. The molecular weight excluding hydrogens is 335 g/mol. The van der Waals surface area contributed by atoms with Crippen LogP contribution in [0.5, 0.6) is 5.75 Å². The Balaban J connectivity index is 1.37. The van der Waals surface area contributed by atoms with Gasteiger partial charge < -0.3 is 20.1 Å². The number of hydrogen-bond donors (Lipinski definition) is 2. The molecule has 2 N–H and O–H groups in total. The standard InChI is InChI=1S/C19H29FN4O2/c1-14(26-17-7-5-15(20)6-8-17)10-22-19(21-2)23-11-18-12-24-9-3-4-16(24)13-25-18/h5-8,14,16,18H,3-4,9-13H2,1-2H3,(H2,21,22,23). The average Bonchev–Trinajstić information content (AvgIpc) is 3.11. The Kier molecular flexibility index (Phi) is 6.68. The number of nitrogens with one attached hydrogen (secondary N) is 2. The summed E-state index contributed by atoms with van der Waals surface area (Å²) in [4.78, 5) is 6.78. The van der Waals surface area contributed by atoms with Gasteiger partial charge in [-0.3, -0.25) is 9.89 Å². The van der Waals surface area contributed by atoms with E-state index in [4.69, 9.17) is 9.47 Å². The lowest BCUT2D eigenvalue weighted by Gasteiger charge is -2.35. The minimum Gasteiger partial charge on any atom is -0.489 e. The second-order valence-electron chi connectivity index (χ2n) is 6.96. The Morgan fingerprint density at radius 1 is 1.38 bits per heavy atom. The van der Waals surface area contributed by atoms with E-state index in [1.807, 2.05) is 6.92 Å². The minimum atomic E-state index is -0.266. The molecule has 0 amide bonds. The molecule has 2 fully saturated rings. The van der Waals surface area contributed by atoms with Crippen molar-refractivity contribution in [1.82, 2.24) is 15.5 Å². The molecule has 0 bridgehead atoms. The Morgan fingerprint density at radius 2 is 2.19 bits per heavy atom. The van der Waals surface area contributed by atoms with Crippen molar-refractivity contribution in [1.29, 1.82) is 0 Å². The van der Waals surface area contributed by atoms with Gasteiger partial charge in [-0.1, -0.05) is 0 Å². The van der Waals surface area contributed by atoms with Gasteiger partial charge in [-0.05, 0) is 50.6 Å². The van der Waals surface area contributed by atoms with Crippen molar-refractivity contribution in [3.8, 4) is 5.75 Å². The van der Waals surface area contributed by atoms with E-state index in [1.165, 1.54) is 31.5 Å². The lowest BCUT2D eigenvalue weighted by Crippen LogP contribution is -2.51. The van der Waals surface area contributed by atoms with Crippen molar-refractivity contribution < 1.29 is 13.9 Å². The third-order valence-electron chi connectivity index (χ3n) is 4.89. The molecule has 144 valence electrons. The zero-order valence-electron chi connectivity index (χ0n) is 15.6. The highest BCUT2D eigenvalue weighted by molar-refractivity contribution is 5.79. The van der Waals surface area contributed by atoms with E-state index in [0.717, 1.165) is 25.7 Å². The molecule has 2 heterocycles. The predicted octanol–water partition coefficient (Wildman–Crippen LogP) is 1.62. The third kappa shape index (κ3) is 5.32. The van der Waals surface area contributed by atoms with Gasteiger partial charge in [-0.25, -0.2) is 4.39 Å². The first kappa shape index (κ1) is 18.9. The van der Waals surface area contributed by atoms with Crippen molar-refractivity contribution in [3.05, 3.63) is 30.1 Å². The van der Waals surface area contributed by atoms with Crippen LogP contribution in [0.25, 0.3) is 0 Å². The van der Waals surface area contributed by atoms with Crippen LogP contribution in [0.15, 0.2) is 29.3 Å². The van der Waals surface area contributed by atoms with Gasteiger partial charge in [0, 0.05) is 26.2 Å². The molecule has 0 saturated carbocycles. The molecule has 7 heteroatoms. The summed E-state index contributed by atoms with van der Waals surface area (Å²) in [7, 11) is 1.75. The van der Waals surface area contributed by atoms with Crippen LogP contribution in [-0.4, -0.2) is 68.9 Å². The summed E-state index contributed by atoms with van der Waals surface area (Å²) in [6.45, 7) is 6.30. The molecule has 1 aromatic carbocycles. The Morgan fingerprint density at radius 3 is 2.96 bits per heavy atom. The molecule has 0 aliphatic carbocycles. The van der Waals surface area contributed by atoms with Gasteiger partial charge in [-0.2, -0.15) is 0 Å². The number of rotatable bonds is 6. The van der Waals surface area contributed by atoms with Crippen molar-refractivity contribution >= 4 is 5.96 Å². The fourth-order valence-corrected chi connectivity index (χ4v) is 3.47. The molecule has 3 atom stereocenters. The van der Waals surface area contributed by atoms with E-state index in [1.54, 1.807) is 19.2 Å². The first-order chi connectivity index (χ1) is 12.6. The van der Waals surface area contributed by atoms with Gasteiger partial charge in [0.1, 0.15) is 17.7 Å². The molecular formula is C19H29FN4O2. The fourth-order valence-electron chi connectivity index (χ4n) is 3.47. The van der Waals surface area contributed by atoms with Crippen LogP contribution in [0.1, 0.15) is 19.8 Å². The molecule has 0 spiro atoms. The van der Waals surface area contributed by atoms with E-state index in [-0.39, 0.29) is 18.0 Å². The van der Waals surface area contributed by atoms with E-state index >= 15 is 0 Å². The van der Waals surface area contributed by atoms with E-state index < -0.39 is 0 Å². The zero-order valence-corrected chi connectivity index (χ0v) is 15.6. The summed E-state index contributed by atoms with van der Waals surface area (Å²) in [5.74, 6) is 1.11. The summed E-state index contributed by atoms with van der Waals surface area (Å²) >= 11 is 0. The van der Waals surface area contributed by atoms with Crippen molar-refractivity contribution in [3.63, 3.8) is 0 Å². The average molecular weight is 364 g/mol. The van der Waals surface area contributed by atoms with Gasteiger partial charge in [0.05, 0.1) is 19.3 Å². The Labute approximate surface area is 154 Å². The van der Waals surface area contributed by atoms with Crippen LogP contribution in [-0.2, 0) is 4.74 Å². The highest BCUT2D eigenvalue weighted by Crippen LogP contribution is 2.22. The second kappa shape index (κ2) is 9.19. The molecule has 2 aliphatic rings. The number of halogens is 1. The maximum Gasteiger partial charge on any atom is 0.191 e. The van der Waals surface area contributed by atoms with Crippen molar-refractivity contribution in [2.24, 2.45) is 4.99 Å². The SMILES string of the molecule is CN=C(NCC(C)Oc1ccc(F)cc1)NCC1CN2CCCC2CO1. The molecule has 6 nitrogen and oxygen atoms in total.